The molecule has 0 aliphatic carbocycles. The molecule has 0 saturated heterocycles. The van der Waals surface area contributed by atoms with Crippen LogP contribution < -0.4 is 14.9 Å². The Kier molecular flexibility index (Phi) is 10.2. The average Bonchev–Trinajstić information content (AvgIpc) is 3.64. The number of hydrogen-bond donors (Lipinski definition) is 1. The van der Waals surface area contributed by atoms with Gasteiger partial charge in [-0.05, 0) is 92.6 Å². The van der Waals surface area contributed by atoms with E-state index in [4.69, 9.17) is 0 Å². The van der Waals surface area contributed by atoms with E-state index in [0.717, 1.165) is 47.3 Å². The van der Waals surface area contributed by atoms with E-state index >= 15 is 0 Å². The molecule has 0 aliphatic rings. The van der Waals surface area contributed by atoms with E-state index < -0.39 is 12.4 Å². The van der Waals surface area contributed by atoms with Gasteiger partial charge >= 0.3 is 12.4 Å². The fourth-order valence-electron chi connectivity index (χ4n) is 5.11. The molecule has 13 heteroatoms. The van der Waals surface area contributed by atoms with E-state index in [2.05, 4.69) is 25.1 Å². The zero-order valence-electron chi connectivity index (χ0n) is 26.3. The van der Waals surface area contributed by atoms with Crippen molar-refractivity contribution in [3.8, 4) is 28.5 Å². The Morgan fingerprint density at radius 1 is 1.04 bits per heavy atom. The number of benzene rings is 3. The standard InChI is InChI=1S/C34H34F4N6O2S/c1-21(2)29-18-26(35)12-17-30(29)44-23(4)19-47-33(44)41-32(45)40-22(3)6-5-7-24-8-10-25(11-9-24)31-39-20-43(42-31)27-13-15-28(16-14-27)46-34(36,37)38/h8-22H,5-7H2,1-4H3,(H,40,45)/b41-33-. The van der Waals surface area contributed by atoms with Crippen LogP contribution in [-0.2, 0) is 6.42 Å². The molecular weight excluding hydrogens is 632 g/mol. The van der Waals surface area contributed by atoms with Crippen molar-refractivity contribution in [1.82, 2.24) is 24.6 Å². The molecule has 5 aromatic rings. The molecule has 8 nitrogen and oxygen atoms in total. The van der Waals surface area contributed by atoms with Crippen molar-refractivity contribution in [2.75, 3.05) is 0 Å². The van der Waals surface area contributed by atoms with Gasteiger partial charge in [-0.1, -0.05) is 38.1 Å². The summed E-state index contributed by atoms with van der Waals surface area (Å²) in [5, 5.41) is 9.33. The first kappa shape index (κ1) is 33.6. The molecule has 47 heavy (non-hydrogen) atoms. The van der Waals surface area contributed by atoms with Gasteiger partial charge < -0.3 is 10.1 Å². The first-order valence-corrected chi connectivity index (χ1v) is 15.9. The highest BCUT2D eigenvalue weighted by atomic mass is 32.1. The van der Waals surface area contributed by atoms with Crippen LogP contribution in [0, 0.1) is 12.7 Å². The summed E-state index contributed by atoms with van der Waals surface area (Å²) >= 11 is 1.36. The quantitative estimate of drug-likeness (QED) is 0.152. The number of carbonyl (C=O) groups excluding carboxylic acids is 1. The Morgan fingerprint density at radius 3 is 2.45 bits per heavy atom. The highest BCUT2D eigenvalue weighted by molar-refractivity contribution is 7.07. The molecular formula is C34H34F4N6O2S. The number of carbonyl (C=O) groups is 1. The number of alkyl halides is 3. The van der Waals surface area contributed by atoms with Crippen molar-refractivity contribution in [3.63, 3.8) is 0 Å². The first-order chi connectivity index (χ1) is 22.4. The predicted molar refractivity (Wildman–Crippen MR) is 172 cm³/mol. The zero-order valence-corrected chi connectivity index (χ0v) is 27.1. The number of urea groups is 1. The van der Waals surface area contributed by atoms with Gasteiger partial charge in [0.05, 0.1) is 11.4 Å². The second-order valence-electron chi connectivity index (χ2n) is 11.5. The van der Waals surface area contributed by atoms with Crippen molar-refractivity contribution in [3.05, 3.63) is 106 Å². The molecule has 3 aromatic carbocycles. The van der Waals surface area contributed by atoms with Crippen LogP contribution in [0.5, 0.6) is 5.75 Å². The molecule has 0 saturated carbocycles. The zero-order chi connectivity index (χ0) is 33.7. The summed E-state index contributed by atoms with van der Waals surface area (Å²) < 4.78 is 58.5. The lowest BCUT2D eigenvalue weighted by Crippen LogP contribution is -2.32. The lowest BCUT2D eigenvalue weighted by molar-refractivity contribution is -0.274. The fourth-order valence-corrected chi connectivity index (χ4v) is 5.98. The Bertz CT molecular complexity index is 1890. The van der Waals surface area contributed by atoms with Crippen LogP contribution in [0.25, 0.3) is 22.8 Å². The Labute approximate surface area is 273 Å². The SMILES string of the molecule is Cc1cs/c(=N\C(=O)NC(C)CCCc2ccc(-c3ncn(-c4ccc(OC(F)(F)F)cc4)n3)cc2)n1-c1ccc(F)cc1C(C)C. The van der Waals surface area contributed by atoms with E-state index in [0.29, 0.717) is 16.3 Å². The maximum atomic E-state index is 14.0. The topological polar surface area (TPSA) is 86.3 Å². The lowest BCUT2D eigenvalue weighted by Gasteiger charge is -2.15. The largest absolute Gasteiger partial charge is 0.573 e. The van der Waals surface area contributed by atoms with Crippen molar-refractivity contribution in [2.45, 2.75) is 65.3 Å². The molecule has 2 aromatic heterocycles. The van der Waals surface area contributed by atoms with Crippen LogP contribution in [0.3, 0.4) is 0 Å². The third-order valence-electron chi connectivity index (χ3n) is 7.44. The molecule has 0 fully saturated rings. The lowest BCUT2D eigenvalue weighted by atomic mass is 10.0. The Hall–Kier alpha value is -4.78. The Balaban J connectivity index is 1.14. The number of aryl methyl sites for hydroxylation is 2. The van der Waals surface area contributed by atoms with E-state index in [1.807, 2.05) is 61.9 Å². The van der Waals surface area contributed by atoms with E-state index in [1.165, 1.54) is 58.7 Å². The second kappa shape index (κ2) is 14.3. The summed E-state index contributed by atoms with van der Waals surface area (Å²) in [6, 6.07) is 17.4. The van der Waals surface area contributed by atoms with Gasteiger partial charge in [-0.15, -0.1) is 29.6 Å². The van der Waals surface area contributed by atoms with Gasteiger partial charge in [0.25, 0.3) is 0 Å². The number of halogens is 4. The summed E-state index contributed by atoms with van der Waals surface area (Å²) in [5.41, 5.74) is 5.02. The smallest absolute Gasteiger partial charge is 0.406 e. The molecule has 2 amide bonds. The molecule has 0 radical (unpaired) electrons. The molecule has 0 spiro atoms. The van der Waals surface area contributed by atoms with Crippen molar-refractivity contribution >= 4 is 17.4 Å². The maximum absolute atomic E-state index is 14.0. The van der Waals surface area contributed by atoms with Crippen LogP contribution >= 0.6 is 11.3 Å². The van der Waals surface area contributed by atoms with Crippen LogP contribution in [0.1, 0.15) is 56.4 Å². The van der Waals surface area contributed by atoms with Crippen LogP contribution in [0.2, 0.25) is 0 Å². The van der Waals surface area contributed by atoms with Crippen LogP contribution in [0.4, 0.5) is 22.4 Å². The van der Waals surface area contributed by atoms with Gasteiger partial charge in [0.1, 0.15) is 17.9 Å². The minimum atomic E-state index is -4.75. The number of amides is 2. The molecule has 0 aliphatic heterocycles. The van der Waals surface area contributed by atoms with Gasteiger partial charge in [0, 0.05) is 22.7 Å². The van der Waals surface area contributed by atoms with Gasteiger partial charge in [-0.2, -0.15) is 4.99 Å². The summed E-state index contributed by atoms with van der Waals surface area (Å²) in [6.07, 6.45) is -0.861. The minimum absolute atomic E-state index is 0.0881. The Morgan fingerprint density at radius 2 is 1.77 bits per heavy atom. The number of aromatic nitrogens is 4. The fraction of sp³-hybridized carbons (Fsp3) is 0.294. The monoisotopic (exact) mass is 666 g/mol. The number of rotatable bonds is 10. The summed E-state index contributed by atoms with van der Waals surface area (Å²) in [6.45, 7) is 7.88. The summed E-state index contributed by atoms with van der Waals surface area (Å²) in [5.74, 6) is -0.0437. The highest BCUT2D eigenvalue weighted by Crippen LogP contribution is 2.26. The van der Waals surface area contributed by atoms with Gasteiger partial charge in [0.2, 0.25) is 0 Å². The normalized spacial score (nSPS) is 12.8. The van der Waals surface area contributed by atoms with E-state index in [1.54, 1.807) is 6.07 Å². The number of nitrogens with zero attached hydrogens (tertiary/aromatic N) is 5. The van der Waals surface area contributed by atoms with E-state index in [-0.39, 0.29) is 23.5 Å². The van der Waals surface area contributed by atoms with Crippen LogP contribution in [-0.4, -0.2) is 37.8 Å². The van der Waals surface area contributed by atoms with Crippen molar-refractivity contribution < 1.29 is 27.1 Å². The molecule has 246 valence electrons. The average molecular weight is 667 g/mol. The predicted octanol–water partition coefficient (Wildman–Crippen LogP) is 8.28. The number of nitrogens with one attached hydrogen (secondary N) is 1. The number of thiazole rings is 1. The first-order valence-electron chi connectivity index (χ1n) is 15.1. The molecule has 1 unspecified atom stereocenters. The third-order valence-corrected chi connectivity index (χ3v) is 8.38. The van der Waals surface area contributed by atoms with Crippen LogP contribution in [0.15, 0.2) is 83.4 Å². The highest BCUT2D eigenvalue weighted by Gasteiger charge is 2.31. The minimum Gasteiger partial charge on any atom is -0.406 e. The van der Waals surface area contributed by atoms with E-state index in [9.17, 15) is 22.4 Å². The number of ether oxygens (including phenoxy) is 1. The number of hydrogen-bond acceptors (Lipinski definition) is 5. The second-order valence-corrected chi connectivity index (χ2v) is 12.3. The molecule has 1 N–H and O–H groups in total. The summed E-state index contributed by atoms with van der Waals surface area (Å²) in [4.78, 5) is 22.0. The molecule has 0 bridgehead atoms. The van der Waals surface area contributed by atoms with Crippen molar-refractivity contribution in [1.29, 1.82) is 0 Å². The van der Waals surface area contributed by atoms with Crippen molar-refractivity contribution in [2.24, 2.45) is 4.99 Å². The van der Waals surface area contributed by atoms with Gasteiger partial charge in [0.15, 0.2) is 10.6 Å². The summed E-state index contributed by atoms with van der Waals surface area (Å²) in [7, 11) is 0. The van der Waals surface area contributed by atoms with Gasteiger partial charge in [-0.25, -0.2) is 18.9 Å². The molecule has 1 atom stereocenters. The maximum Gasteiger partial charge on any atom is 0.573 e. The molecule has 2 heterocycles. The van der Waals surface area contributed by atoms with Gasteiger partial charge in [-0.3, -0.25) is 4.57 Å². The molecule has 5 rings (SSSR count). The third kappa shape index (κ3) is 8.73.